The van der Waals surface area contributed by atoms with Gasteiger partial charge in [0.1, 0.15) is 0 Å². The second-order valence-corrected chi connectivity index (χ2v) is 19.9. The minimum absolute atomic E-state index is 0. The van der Waals surface area contributed by atoms with Crippen molar-refractivity contribution in [3.63, 3.8) is 0 Å². The van der Waals surface area contributed by atoms with Gasteiger partial charge in [-0.1, -0.05) is 292 Å². The van der Waals surface area contributed by atoms with Crippen molar-refractivity contribution in [2.45, 2.75) is 336 Å². The molecule has 0 aromatic carbocycles. The van der Waals surface area contributed by atoms with Gasteiger partial charge in [-0.05, 0) is 89.9 Å². The third-order valence-electron chi connectivity index (χ3n) is 12.0. The van der Waals surface area contributed by atoms with Crippen LogP contribution in [0.2, 0.25) is 0 Å². The molecule has 0 aliphatic rings. The number of alkyl halides is 2. The van der Waals surface area contributed by atoms with Gasteiger partial charge in [-0.2, -0.15) is 6.42 Å². The predicted octanol–water partition coefficient (Wildman–Crippen LogP) is 21.1. The van der Waals surface area contributed by atoms with Crippen LogP contribution < -0.4 is 12.4 Å². The monoisotopic (exact) mass is 1030 g/mol. The maximum Gasteiger partial charge on any atom is 2.00 e. The summed E-state index contributed by atoms with van der Waals surface area (Å²) in [6, 6.07) is 0. The van der Waals surface area contributed by atoms with E-state index in [0.717, 1.165) is 12.3 Å². The first-order valence-electron chi connectivity index (χ1n) is 29.0. The van der Waals surface area contributed by atoms with Crippen molar-refractivity contribution in [3.8, 4) is 0 Å². The van der Waals surface area contributed by atoms with Gasteiger partial charge in [0.05, 0.1) is 0 Å². The molecule has 0 unspecified atom stereocenters. The molecule has 0 atom stereocenters. The molecule has 0 saturated carbocycles. The van der Waals surface area contributed by atoms with Crippen molar-refractivity contribution < 1.29 is 12.4 Å². The van der Waals surface area contributed by atoms with Gasteiger partial charge >= 0.3 is 23.1 Å². The van der Waals surface area contributed by atoms with Crippen LogP contribution in [0.25, 0.3) is 0 Å². The van der Waals surface area contributed by atoms with Gasteiger partial charge in [0.2, 0.25) is 0 Å². The fraction of sp³-hybridized carbons (Fsp3) is 0.885. The second kappa shape index (κ2) is 84.9. The Morgan fingerprint density at radius 1 is 0.292 bits per heavy atom. The van der Waals surface area contributed by atoms with Crippen LogP contribution in [0.15, 0.2) is 36.5 Å². The van der Waals surface area contributed by atoms with Crippen LogP contribution in [-0.2, 0) is 0 Å². The Kier molecular flexibility index (Phi) is 101. The van der Waals surface area contributed by atoms with Crippen molar-refractivity contribution in [3.05, 3.63) is 43.4 Å². The summed E-state index contributed by atoms with van der Waals surface area (Å²) < 4.78 is 0. The summed E-state index contributed by atoms with van der Waals surface area (Å²) in [5.41, 5.74) is 0. The number of hydrogen-bond donors (Lipinski definition) is 0. The zero-order valence-corrected chi connectivity index (χ0v) is 50.2. The van der Waals surface area contributed by atoms with E-state index >= 15 is 0 Å². The predicted molar refractivity (Wildman–Crippen MR) is 308 cm³/mol. The van der Waals surface area contributed by atoms with Crippen LogP contribution in [0.5, 0.6) is 0 Å². The van der Waals surface area contributed by atoms with E-state index in [1.807, 2.05) is 0 Å². The van der Waals surface area contributed by atoms with E-state index in [9.17, 15) is 0 Å². The number of allylic oxidation sites excluding steroid dienone is 6. The molecular formula is C61H121BrCl2Mg. The third kappa shape index (κ3) is 95.4. The van der Waals surface area contributed by atoms with E-state index in [-0.39, 0.29) is 35.5 Å². The molecule has 0 amide bonds. The molecule has 4 heteroatoms. The summed E-state index contributed by atoms with van der Waals surface area (Å²) in [6.07, 6.45) is 79.1. The van der Waals surface area contributed by atoms with Crippen molar-refractivity contribution in [2.75, 3.05) is 11.2 Å². The van der Waals surface area contributed by atoms with Crippen LogP contribution in [0.3, 0.4) is 0 Å². The molecule has 0 aromatic heterocycles. The molecule has 65 heavy (non-hydrogen) atoms. The van der Waals surface area contributed by atoms with Crippen LogP contribution in [-0.4, -0.2) is 34.3 Å². The fourth-order valence-corrected chi connectivity index (χ4v) is 8.19. The molecule has 0 heterocycles. The Balaban J connectivity index is -0.000000185. The van der Waals surface area contributed by atoms with Crippen molar-refractivity contribution in [2.24, 2.45) is 0 Å². The fourth-order valence-electron chi connectivity index (χ4n) is 7.61. The molecule has 0 aliphatic carbocycles. The Hall–Kier alpha value is 1.05. The smallest absolute Gasteiger partial charge is 1.00 e. The van der Waals surface area contributed by atoms with Gasteiger partial charge in [-0.15, -0.1) is 11.6 Å². The third-order valence-corrected chi connectivity index (χ3v) is 12.8. The zero-order valence-electron chi connectivity index (χ0n) is 45.7. The first-order chi connectivity index (χ1) is 31.2. The summed E-state index contributed by atoms with van der Waals surface area (Å²) in [7, 11) is 0. The molecular weight excluding hydrogens is 908 g/mol. The van der Waals surface area contributed by atoms with Crippen LogP contribution in [0.4, 0.5) is 0 Å². The molecule has 0 bridgehead atoms. The standard InChI is InChI=1S/C23H46.C15H29Cl.C15H29.C8H17Br.ClH.Mg/c1-3-5-7-9-11-13-15-17-19-21-23-22-20-18-16-14-12-10-8-6-4-2;1-2-3-4-5-6-7-8-9-10-11-12-13-14-15-16;1-3-5-7-9-11-13-15-14-12-10-8-6-4-2;1-2-3-4-5-6-7-8-9;;/h13,15H,3-12,14,16-23H2,1-2H3;7-8H,2-6,9-15H2,1H3;14-15H,1,3-13H2,2H3;2-8H2,1H3;1H;/q;;-1;;;+2/p-1/b15-13-;8-7-;15-14-;;;. The van der Waals surface area contributed by atoms with E-state index in [1.54, 1.807) is 0 Å². The summed E-state index contributed by atoms with van der Waals surface area (Å²) in [5.74, 6) is 0.831. The molecule has 0 N–H and O–H groups in total. The van der Waals surface area contributed by atoms with E-state index in [0.29, 0.717) is 0 Å². The summed E-state index contributed by atoms with van der Waals surface area (Å²) in [4.78, 5) is 0. The summed E-state index contributed by atoms with van der Waals surface area (Å²) >= 11 is 9.04. The minimum atomic E-state index is 0. The normalized spacial score (nSPS) is 10.9. The summed E-state index contributed by atoms with van der Waals surface area (Å²) in [5, 5.41) is 1.18. The average Bonchev–Trinajstić information content (AvgIpc) is 3.30. The van der Waals surface area contributed by atoms with Crippen LogP contribution >= 0.6 is 27.5 Å². The van der Waals surface area contributed by atoms with Crippen molar-refractivity contribution >= 4 is 50.6 Å². The number of halogens is 3. The Bertz CT molecular complexity index is 778. The molecule has 0 spiro atoms. The van der Waals surface area contributed by atoms with Gasteiger partial charge in [0.15, 0.2) is 0 Å². The molecule has 0 radical (unpaired) electrons. The molecule has 0 fully saturated rings. The number of unbranched alkanes of at least 4 members (excludes halogenated alkanes) is 40. The largest absolute Gasteiger partial charge is 2.00 e. The topological polar surface area (TPSA) is 0 Å². The van der Waals surface area contributed by atoms with E-state index in [2.05, 4.69) is 93.9 Å². The Labute approximate surface area is 450 Å². The minimum Gasteiger partial charge on any atom is -1.00 e. The van der Waals surface area contributed by atoms with Crippen LogP contribution in [0, 0.1) is 6.92 Å². The second-order valence-electron chi connectivity index (χ2n) is 18.8. The van der Waals surface area contributed by atoms with Crippen molar-refractivity contribution in [1.82, 2.24) is 0 Å². The molecule has 0 aliphatic heterocycles. The summed E-state index contributed by atoms with van der Waals surface area (Å²) in [6.45, 7) is 15.2. The maximum absolute atomic E-state index is 5.62. The molecule has 388 valence electrons. The molecule has 0 saturated heterocycles. The zero-order chi connectivity index (χ0) is 46.9. The van der Waals surface area contributed by atoms with Gasteiger partial charge in [0, 0.05) is 11.2 Å². The van der Waals surface area contributed by atoms with Gasteiger partial charge in [-0.3, -0.25) is 0 Å². The van der Waals surface area contributed by atoms with Crippen LogP contribution in [0.1, 0.15) is 336 Å². The van der Waals surface area contributed by atoms with E-state index in [4.69, 9.17) is 11.6 Å². The SMILES string of the molecule is CCCCCC/C=C\CCCCCCCCCCCCCCC.CCCCCC/C=C\CCCCCCCCl.CCCCCCCCBr.[CH2-]CCCCCC/C=C\CCCCCC.[Cl-].[Mg+2]. The Morgan fingerprint density at radius 2 is 0.477 bits per heavy atom. The first kappa shape index (κ1) is 77.5. The van der Waals surface area contributed by atoms with Gasteiger partial charge < -0.3 is 19.3 Å². The molecule has 0 aromatic rings. The van der Waals surface area contributed by atoms with Gasteiger partial charge in [-0.25, -0.2) is 0 Å². The maximum atomic E-state index is 5.62. The van der Waals surface area contributed by atoms with E-state index < -0.39 is 0 Å². The van der Waals surface area contributed by atoms with Gasteiger partial charge in [0.25, 0.3) is 0 Å². The molecule has 0 rings (SSSR count). The first-order valence-corrected chi connectivity index (χ1v) is 30.7. The Morgan fingerprint density at radius 3 is 0.692 bits per heavy atom. The number of rotatable bonds is 48. The quantitative estimate of drug-likeness (QED) is 0.0187. The van der Waals surface area contributed by atoms with Crippen molar-refractivity contribution in [1.29, 1.82) is 0 Å². The molecule has 0 nitrogen and oxygen atoms in total. The average molecular weight is 1030 g/mol. The number of hydrogen-bond acceptors (Lipinski definition) is 0. The van der Waals surface area contributed by atoms with E-state index in [1.165, 1.54) is 301 Å².